The summed E-state index contributed by atoms with van der Waals surface area (Å²) < 4.78 is 3.40. The molecule has 6 nitrogen and oxygen atoms in total. The average Bonchev–Trinajstić information content (AvgIpc) is 2.97. The van der Waals surface area contributed by atoms with E-state index in [1.165, 1.54) is 0 Å². The molecule has 1 heterocycles. The van der Waals surface area contributed by atoms with Gasteiger partial charge < -0.3 is 10.6 Å². The Morgan fingerprint density at radius 2 is 1.63 bits per heavy atom. The third-order valence-corrected chi connectivity index (χ3v) is 5.40. The third kappa shape index (κ3) is 4.48. The van der Waals surface area contributed by atoms with Gasteiger partial charge in [0, 0.05) is 7.05 Å². The maximum Gasteiger partial charge on any atom is 0.295 e. The second kappa shape index (κ2) is 9.48. The number of para-hydroxylation sites is 1. The Kier molecular flexibility index (Phi) is 6.77. The highest BCUT2D eigenvalue weighted by atomic mass is 16.2. The number of hydrogen-bond acceptors (Lipinski definition) is 3. The zero-order chi connectivity index (χ0) is 21.7. The number of amides is 1. The lowest BCUT2D eigenvalue weighted by Gasteiger charge is -2.22. The zero-order valence-corrected chi connectivity index (χ0v) is 18.1. The van der Waals surface area contributed by atoms with Gasteiger partial charge in [-0.15, -0.1) is 0 Å². The number of benzene rings is 2. The quantitative estimate of drug-likeness (QED) is 0.595. The number of nitrogens with zero attached hydrogens (tertiary/aromatic N) is 2. The van der Waals surface area contributed by atoms with Crippen molar-refractivity contribution in [2.24, 2.45) is 7.05 Å². The fourth-order valence-corrected chi connectivity index (χ4v) is 3.61. The smallest absolute Gasteiger partial charge is 0.295 e. The van der Waals surface area contributed by atoms with E-state index in [0.29, 0.717) is 5.69 Å². The molecule has 0 saturated heterocycles. The first-order valence-corrected chi connectivity index (χ1v) is 10.4. The molecule has 0 spiro atoms. The number of aromatic nitrogens is 2. The van der Waals surface area contributed by atoms with E-state index in [0.717, 1.165) is 29.8 Å². The van der Waals surface area contributed by atoms with Crippen molar-refractivity contribution in [3.05, 3.63) is 82.3 Å². The number of carbonyl (C=O) groups is 1. The van der Waals surface area contributed by atoms with Crippen LogP contribution in [0.15, 0.2) is 65.5 Å². The van der Waals surface area contributed by atoms with Crippen LogP contribution in [-0.2, 0) is 11.8 Å². The molecule has 0 saturated carbocycles. The van der Waals surface area contributed by atoms with E-state index < -0.39 is 6.04 Å². The first-order valence-electron chi connectivity index (χ1n) is 10.4. The Morgan fingerprint density at radius 1 is 1.03 bits per heavy atom. The van der Waals surface area contributed by atoms with Crippen molar-refractivity contribution in [2.45, 2.75) is 45.7 Å². The van der Waals surface area contributed by atoms with Gasteiger partial charge in [-0.2, -0.15) is 0 Å². The number of anilines is 1. The molecule has 6 heteroatoms. The molecule has 2 aromatic carbocycles. The summed E-state index contributed by atoms with van der Waals surface area (Å²) in [6.45, 7) is 5.75. The molecule has 2 atom stereocenters. The van der Waals surface area contributed by atoms with Gasteiger partial charge >= 0.3 is 0 Å². The van der Waals surface area contributed by atoms with E-state index in [-0.39, 0.29) is 17.5 Å². The number of carbonyl (C=O) groups excluding carboxylic acids is 1. The van der Waals surface area contributed by atoms with Crippen LogP contribution in [0.3, 0.4) is 0 Å². The highest BCUT2D eigenvalue weighted by Crippen LogP contribution is 2.19. The van der Waals surface area contributed by atoms with Gasteiger partial charge in [0.1, 0.15) is 11.7 Å². The number of nitrogens with one attached hydrogen (secondary N) is 2. The lowest BCUT2D eigenvalue weighted by molar-refractivity contribution is -0.122. The molecule has 2 unspecified atom stereocenters. The highest BCUT2D eigenvalue weighted by Gasteiger charge is 2.22. The van der Waals surface area contributed by atoms with Gasteiger partial charge in [0.05, 0.1) is 17.4 Å². The Balaban J connectivity index is 1.79. The molecule has 0 aliphatic carbocycles. The van der Waals surface area contributed by atoms with Crippen molar-refractivity contribution >= 4 is 11.6 Å². The van der Waals surface area contributed by atoms with E-state index in [1.807, 2.05) is 74.6 Å². The summed E-state index contributed by atoms with van der Waals surface area (Å²) in [6, 6.07) is 18.8. The summed E-state index contributed by atoms with van der Waals surface area (Å²) in [7, 11) is 1.84. The van der Waals surface area contributed by atoms with E-state index in [1.54, 1.807) is 16.3 Å². The monoisotopic (exact) mass is 406 g/mol. The Hall–Kier alpha value is -3.28. The molecule has 0 bridgehead atoms. The number of hydrogen-bond donors (Lipinski definition) is 2. The van der Waals surface area contributed by atoms with Crippen LogP contribution in [0.1, 0.15) is 44.0 Å². The molecule has 0 radical (unpaired) electrons. The van der Waals surface area contributed by atoms with Crippen LogP contribution in [0.2, 0.25) is 0 Å². The summed E-state index contributed by atoms with van der Waals surface area (Å²) in [5.41, 5.74) is 2.91. The van der Waals surface area contributed by atoms with Gasteiger partial charge in [0.15, 0.2) is 0 Å². The largest absolute Gasteiger partial charge is 0.368 e. The van der Waals surface area contributed by atoms with E-state index >= 15 is 0 Å². The molecule has 0 fully saturated rings. The van der Waals surface area contributed by atoms with Crippen LogP contribution in [0.25, 0.3) is 5.69 Å². The fraction of sp³-hybridized carbons (Fsp3) is 0.333. The predicted octanol–water partition coefficient (Wildman–Crippen LogP) is 3.94. The second-order valence-electron chi connectivity index (χ2n) is 7.56. The first kappa shape index (κ1) is 21.4. The molecule has 30 heavy (non-hydrogen) atoms. The molecule has 1 amide bonds. The van der Waals surface area contributed by atoms with Gasteiger partial charge in [0.25, 0.3) is 5.56 Å². The summed E-state index contributed by atoms with van der Waals surface area (Å²) in [5.74, 6) is -0.133. The van der Waals surface area contributed by atoms with Crippen LogP contribution >= 0.6 is 0 Å². The number of rotatable bonds is 8. The first-order chi connectivity index (χ1) is 14.4. The second-order valence-corrected chi connectivity index (χ2v) is 7.56. The Labute approximate surface area is 177 Å². The lowest BCUT2D eigenvalue weighted by Crippen LogP contribution is -2.40. The predicted molar refractivity (Wildman–Crippen MR) is 121 cm³/mol. The summed E-state index contributed by atoms with van der Waals surface area (Å²) in [4.78, 5) is 26.0. The molecule has 0 aliphatic heterocycles. The van der Waals surface area contributed by atoms with Crippen LogP contribution in [0.5, 0.6) is 0 Å². The van der Waals surface area contributed by atoms with Gasteiger partial charge in [-0.25, -0.2) is 4.68 Å². The minimum absolute atomic E-state index is 0.0502. The molecule has 3 rings (SSSR count). The van der Waals surface area contributed by atoms with Crippen molar-refractivity contribution in [3.63, 3.8) is 0 Å². The summed E-state index contributed by atoms with van der Waals surface area (Å²) in [5, 5.41) is 6.27. The molecular formula is C24H30N4O2. The SMILES string of the molecule is CCCC(NC(=O)C(C)Nc1c(C)n(C)n(-c2ccccc2)c1=O)c1ccccc1. The van der Waals surface area contributed by atoms with Crippen LogP contribution in [0.4, 0.5) is 5.69 Å². The van der Waals surface area contributed by atoms with Crippen molar-refractivity contribution < 1.29 is 4.79 Å². The summed E-state index contributed by atoms with van der Waals surface area (Å²) >= 11 is 0. The average molecular weight is 407 g/mol. The topological polar surface area (TPSA) is 68.1 Å². The van der Waals surface area contributed by atoms with Crippen molar-refractivity contribution in [1.29, 1.82) is 0 Å². The zero-order valence-electron chi connectivity index (χ0n) is 18.1. The molecule has 2 N–H and O–H groups in total. The molecule has 3 aromatic rings. The lowest BCUT2D eigenvalue weighted by atomic mass is 10.0. The van der Waals surface area contributed by atoms with Gasteiger partial charge in [0.2, 0.25) is 5.91 Å². The van der Waals surface area contributed by atoms with E-state index in [4.69, 9.17) is 0 Å². The van der Waals surface area contributed by atoms with Gasteiger partial charge in [-0.05, 0) is 38.0 Å². The Bertz CT molecular complexity index is 1040. The third-order valence-electron chi connectivity index (χ3n) is 5.40. The normalized spacial score (nSPS) is 12.9. The fourth-order valence-electron chi connectivity index (χ4n) is 3.61. The van der Waals surface area contributed by atoms with Crippen molar-refractivity contribution in [3.8, 4) is 5.69 Å². The van der Waals surface area contributed by atoms with Gasteiger partial charge in [-0.3, -0.25) is 14.3 Å². The maximum absolute atomic E-state index is 13.1. The summed E-state index contributed by atoms with van der Waals surface area (Å²) in [6.07, 6.45) is 1.81. The maximum atomic E-state index is 13.1. The molecule has 0 aliphatic rings. The minimum atomic E-state index is -0.550. The molecular weight excluding hydrogens is 376 g/mol. The van der Waals surface area contributed by atoms with Crippen LogP contribution < -0.4 is 16.2 Å². The van der Waals surface area contributed by atoms with Crippen LogP contribution in [-0.4, -0.2) is 21.3 Å². The van der Waals surface area contributed by atoms with E-state index in [2.05, 4.69) is 17.6 Å². The molecule has 158 valence electrons. The van der Waals surface area contributed by atoms with Crippen molar-refractivity contribution in [1.82, 2.24) is 14.7 Å². The highest BCUT2D eigenvalue weighted by molar-refractivity contribution is 5.84. The minimum Gasteiger partial charge on any atom is -0.368 e. The standard InChI is InChI=1S/C24H30N4O2/c1-5-12-21(19-13-8-6-9-14-19)26-23(29)17(2)25-22-18(3)27(4)28(24(22)30)20-15-10-7-11-16-20/h6-11,13-17,21,25H,5,12H2,1-4H3,(H,26,29). The van der Waals surface area contributed by atoms with Gasteiger partial charge in [-0.1, -0.05) is 61.9 Å². The molecule has 1 aromatic heterocycles. The van der Waals surface area contributed by atoms with Crippen LogP contribution in [0, 0.1) is 6.92 Å². The van der Waals surface area contributed by atoms with E-state index in [9.17, 15) is 9.59 Å². The Morgan fingerprint density at radius 3 is 2.23 bits per heavy atom. The van der Waals surface area contributed by atoms with Crippen molar-refractivity contribution in [2.75, 3.05) is 5.32 Å².